The summed E-state index contributed by atoms with van der Waals surface area (Å²) in [5.74, 6) is 0. The highest BCUT2D eigenvalue weighted by molar-refractivity contribution is 7.99. The first kappa shape index (κ1) is 13.6. The maximum atomic E-state index is 4.90. The smallest absolute Gasteiger partial charge is 0.152 e. The SMILES string of the molecule is c1ccc(Sc2cc3ccccc3n3c2nc2ccccc23)cc1. The predicted molar refractivity (Wildman–Crippen MR) is 101 cm³/mol. The monoisotopic (exact) mass is 326 g/mol. The highest BCUT2D eigenvalue weighted by atomic mass is 32.2. The van der Waals surface area contributed by atoms with Crippen LogP contribution in [0.4, 0.5) is 0 Å². The number of benzene rings is 3. The van der Waals surface area contributed by atoms with Gasteiger partial charge in [-0.2, -0.15) is 0 Å². The summed E-state index contributed by atoms with van der Waals surface area (Å²) < 4.78 is 2.27. The average molecular weight is 326 g/mol. The third kappa shape index (κ3) is 2.09. The fourth-order valence-electron chi connectivity index (χ4n) is 3.14. The summed E-state index contributed by atoms with van der Waals surface area (Å²) >= 11 is 1.76. The maximum Gasteiger partial charge on any atom is 0.152 e. The lowest BCUT2D eigenvalue weighted by molar-refractivity contribution is 1.24. The van der Waals surface area contributed by atoms with Crippen LogP contribution in [0.25, 0.3) is 27.6 Å². The van der Waals surface area contributed by atoms with Crippen molar-refractivity contribution in [2.45, 2.75) is 9.79 Å². The molecular weight excluding hydrogens is 312 g/mol. The van der Waals surface area contributed by atoms with Crippen LogP contribution < -0.4 is 0 Å². The van der Waals surface area contributed by atoms with E-state index in [1.165, 1.54) is 20.7 Å². The van der Waals surface area contributed by atoms with Crippen molar-refractivity contribution in [3.8, 4) is 0 Å². The van der Waals surface area contributed by atoms with Crippen molar-refractivity contribution < 1.29 is 0 Å². The van der Waals surface area contributed by atoms with Crippen molar-refractivity contribution in [2.75, 3.05) is 0 Å². The molecule has 0 fully saturated rings. The van der Waals surface area contributed by atoms with E-state index in [4.69, 9.17) is 4.98 Å². The Bertz CT molecular complexity index is 1180. The largest absolute Gasteiger partial charge is 0.291 e. The van der Waals surface area contributed by atoms with Crippen LogP contribution in [0.2, 0.25) is 0 Å². The van der Waals surface area contributed by atoms with Gasteiger partial charge in [0.15, 0.2) is 5.65 Å². The molecule has 2 nitrogen and oxygen atoms in total. The van der Waals surface area contributed by atoms with Gasteiger partial charge >= 0.3 is 0 Å². The highest BCUT2D eigenvalue weighted by Crippen LogP contribution is 2.35. The second-order valence-corrected chi connectivity index (χ2v) is 6.86. The molecule has 0 aliphatic heterocycles. The van der Waals surface area contributed by atoms with E-state index in [-0.39, 0.29) is 0 Å². The molecular formula is C21H14N2S. The van der Waals surface area contributed by atoms with Crippen LogP contribution in [0.5, 0.6) is 0 Å². The summed E-state index contributed by atoms with van der Waals surface area (Å²) in [5.41, 5.74) is 4.39. The van der Waals surface area contributed by atoms with Crippen molar-refractivity contribution >= 4 is 39.3 Å². The second-order valence-electron chi connectivity index (χ2n) is 5.74. The number of hydrogen-bond donors (Lipinski definition) is 0. The quantitative estimate of drug-likeness (QED) is 0.408. The van der Waals surface area contributed by atoms with Crippen LogP contribution in [0, 0.1) is 0 Å². The van der Waals surface area contributed by atoms with E-state index in [1.54, 1.807) is 11.8 Å². The minimum Gasteiger partial charge on any atom is -0.291 e. The Hall–Kier alpha value is -2.78. The third-order valence-electron chi connectivity index (χ3n) is 4.22. The first-order valence-corrected chi connectivity index (χ1v) is 8.74. The van der Waals surface area contributed by atoms with Gasteiger partial charge in [0.05, 0.1) is 21.4 Å². The van der Waals surface area contributed by atoms with Crippen molar-refractivity contribution in [3.63, 3.8) is 0 Å². The van der Waals surface area contributed by atoms with Gasteiger partial charge in [-0.05, 0) is 41.8 Å². The third-order valence-corrected chi connectivity index (χ3v) is 5.24. The molecule has 0 spiro atoms. The molecule has 0 unspecified atom stereocenters. The Morgan fingerprint density at radius 1 is 0.708 bits per heavy atom. The Labute approximate surface area is 143 Å². The Morgan fingerprint density at radius 3 is 2.29 bits per heavy atom. The lowest BCUT2D eigenvalue weighted by Gasteiger charge is -2.08. The maximum absolute atomic E-state index is 4.90. The summed E-state index contributed by atoms with van der Waals surface area (Å²) in [4.78, 5) is 7.30. The van der Waals surface area contributed by atoms with Crippen molar-refractivity contribution in [3.05, 3.63) is 84.9 Å². The van der Waals surface area contributed by atoms with Crippen molar-refractivity contribution in [2.24, 2.45) is 0 Å². The number of fused-ring (bicyclic) bond motifs is 5. The summed E-state index contributed by atoms with van der Waals surface area (Å²) in [5, 5.41) is 1.23. The second kappa shape index (κ2) is 5.39. The van der Waals surface area contributed by atoms with Crippen LogP contribution in [0.3, 0.4) is 0 Å². The number of nitrogens with zero attached hydrogens (tertiary/aromatic N) is 2. The molecule has 0 saturated carbocycles. The van der Waals surface area contributed by atoms with Gasteiger partial charge in [-0.25, -0.2) is 4.98 Å². The first-order chi connectivity index (χ1) is 11.9. The van der Waals surface area contributed by atoms with Gasteiger partial charge in [-0.15, -0.1) is 0 Å². The van der Waals surface area contributed by atoms with Gasteiger partial charge in [0.1, 0.15) is 0 Å². The van der Waals surface area contributed by atoms with Crippen LogP contribution in [0.15, 0.2) is 94.7 Å². The van der Waals surface area contributed by atoms with E-state index in [0.29, 0.717) is 0 Å². The van der Waals surface area contributed by atoms with Gasteiger partial charge in [-0.1, -0.05) is 60.3 Å². The van der Waals surface area contributed by atoms with Gasteiger partial charge in [0.2, 0.25) is 0 Å². The van der Waals surface area contributed by atoms with Crippen LogP contribution >= 0.6 is 11.8 Å². The van der Waals surface area contributed by atoms with Gasteiger partial charge in [0, 0.05) is 4.90 Å². The van der Waals surface area contributed by atoms with Crippen molar-refractivity contribution in [1.29, 1.82) is 0 Å². The topological polar surface area (TPSA) is 17.3 Å². The van der Waals surface area contributed by atoms with E-state index in [2.05, 4.69) is 77.2 Å². The zero-order valence-corrected chi connectivity index (χ0v) is 13.7. The van der Waals surface area contributed by atoms with E-state index in [9.17, 15) is 0 Å². The number of imidazole rings is 1. The fourth-order valence-corrected chi connectivity index (χ4v) is 4.11. The number of para-hydroxylation sites is 3. The first-order valence-electron chi connectivity index (χ1n) is 7.92. The van der Waals surface area contributed by atoms with Gasteiger partial charge < -0.3 is 0 Å². The predicted octanol–water partition coefficient (Wildman–Crippen LogP) is 5.79. The van der Waals surface area contributed by atoms with E-state index >= 15 is 0 Å². The molecule has 0 atom stereocenters. The van der Waals surface area contributed by atoms with E-state index < -0.39 is 0 Å². The molecule has 0 bridgehead atoms. The minimum absolute atomic E-state index is 1.02. The zero-order chi connectivity index (χ0) is 15.9. The van der Waals surface area contributed by atoms with Crippen LogP contribution in [-0.2, 0) is 0 Å². The molecule has 0 aliphatic rings. The number of hydrogen-bond acceptors (Lipinski definition) is 2. The summed E-state index contributed by atoms with van der Waals surface area (Å²) in [7, 11) is 0. The van der Waals surface area contributed by atoms with E-state index in [1.807, 2.05) is 12.1 Å². The number of pyridine rings is 1. The molecule has 0 saturated heterocycles. The molecule has 3 heteroatoms. The fraction of sp³-hybridized carbons (Fsp3) is 0. The van der Waals surface area contributed by atoms with Crippen LogP contribution in [-0.4, -0.2) is 9.38 Å². The Morgan fingerprint density at radius 2 is 1.42 bits per heavy atom. The van der Waals surface area contributed by atoms with Crippen molar-refractivity contribution in [1.82, 2.24) is 9.38 Å². The van der Waals surface area contributed by atoms with Gasteiger partial charge in [-0.3, -0.25) is 4.40 Å². The molecule has 0 amide bonds. The molecule has 0 radical (unpaired) electrons. The molecule has 0 N–H and O–H groups in total. The Balaban J connectivity index is 1.88. The molecule has 24 heavy (non-hydrogen) atoms. The number of rotatable bonds is 2. The summed E-state index contributed by atoms with van der Waals surface area (Å²) in [6, 6.07) is 29.5. The van der Waals surface area contributed by atoms with E-state index in [0.717, 1.165) is 16.7 Å². The molecule has 2 aromatic heterocycles. The average Bonchev–Trinajstić information content (AvgIpc) is 3.03. The normalized spacial score (nSPS) is 11.5. The molecule has 0 aliphatic carbocycles. The summed E-state index contributed by atoms with van der Waals surface area (Å²) in [6.45, 7) is 0. The standard InChI is InChI=1S/C21H14N2S/c1-2-9-16(10-3-1)24-20-14-15-8-4-6-12-18(15)23-19-13-7-5-11-17(19)22-21(20)23/h1-14H. The molecule has 2 heterocycles. The van der Waals surface area contributed by atoms with Gasteiger partial charge in [0.25, 0.3) is 0 Å². The molecule has 5 aromatic rings. The highest BCUT2D eigenvalue weighted by Gasteiger charge is 2.13. The summed E-state index contributed by atoms with van der Waals surface area (Å²) in [6.07, 6.45) is 0. The number of aromatic nitrogens is 2. The lowest BCUT2D eigenvalue weighted by atomic mass is 10.2. The zero-order valence-electron chi connectivity index (χ0n) is 12.9. The molecule has 114 valence electrons. The molecule has 5 rings (SSSR count). The Kier molecular flexibility index (Phi) is 3.06. The van der Waals surface area contributed by atoms with Crippen LogP contribution in [0.1, 0.15) is 0 Å². The lowest BCUT2D eigenvalue weighted by Crippen LogP contribution is -1.91. The molecule has 3 aromatic carbocycles. The minimum atomic E-state index is 1.02.